The molecule has 0 spiro atoms. The van der Waals surface area contributed by atoms with Gasteiger partial charge in [-0.05, 0) is 17.7 Å². The van der Waals surface area contributed by atoms with Gasteiger partial charge in [0, 0.05) is 30.2 Å². The third-order valence-corrected chi connectivity index (χ3v) is 3.24. The predicted octanol–water partition coefficient (Wildman–Crippen LogP) is 3.36. The number of nitrogens with zero attached hydrogens (tertiary/aromatic N) is 1. The molecule has 0 bridgehead atoms. The van der Waals surface area contributed by atoms with E-state index in [-0.39, 0.29) is 5.82 Å². The summed E-state index contributed by atoms with van der Waals surface area (Å²) in [5.41, 5.74) is 0.878. The average molecular weight is 280 g/mol. The van der Waals surface area contributed by atoms with Gasteiger partial charge in [0.15, 0.2) is 0 Å². The molecule has 0 atom stereocenters. The molecule has 0 saturated carbocycles. The Morgan fingerprint density at radius 2 is 2.21 bits per heavy atom. The van der Waals surface area contributed by atoms with Gasteiger partial charge in [-0.3, -0.25) is 0 Å². The molecule has 1 aromatic heterocycles. The maximum atomic E-state index is 13.5. The summed E-state index contributed by atoms with van der Waals surface area (Å²) in [6.07, 6.45) is 1.73. The Morgan fingerprint density at radius 3 is 2.89 bits per heavy atom. The minimum absolute atomic E-state index is 0.280. The molecule has 1 aromatic carbocycles. The normalized spacial score (nSPS) is 10.9. The number of aromatic nitrogens is 1. The first kappa shape index (κ1) is 14.0. The number of hydrogen-bond donors (Lipinski definition) is 1. The highest BCUT2D eigenvalue weighted by Crippen LogP contribution is 2.18. The van der Waals surface area contributed by atoms with Crippen molar-refractivity contribution >= 4 is 11.3 Å². The number of hydrogen-bond acceptors (Lipinski definition) is 4. The van der Waals surface area contributed by atoms with E-state index in [1.807, 2.05) is 11.4 Å². The molecule has 19 heavy (non-hydrogen) atoms. The van der Waals surface area contributed by atoms with Crippen LogP contribution in [-0.4, -0.2) is 11.0 Å². The van der Waals surface area contributed by atoms with E-state index in [0.717, 1.165) is 10.6 Å². The van der Waals surface area contributed by atoms with E-state index < -0.39 is 0 Å². The van der Waals surface area contributed by atoms with Crippen LogP contribution in [-0.2, 0) is 13.2 Å². The van der Waals surface area contributed by atoms with E-state index in [1.165, 1.54) is 23.5 Å². The van der Waals surface area contributed by atoms with E-state index in [1.54, 1.807) is 6.20 Å². The number of ether oxygens (including phenoxy) is 1. The molecule has 0 radical (unpaired) electrons. The van der Waals surface area contributed by atoms with Crippen molar-refractivity contribution in [3.05, 3.63) is 46.2 Å². The zero-order valence-electron chi connectivity index (χ0n) is 11.0. The van der Waals surface area contributed by atoms with Gasteiger partial charge in [0.1, 0.15) is 23.2 Å². The molecule has 0 unspecified atom stereocenters. The lowest BCUT2D eigenvalue weighted by Gasteiger charge is -2.10. The number of rotatable bonds is 6. The summed E-state index contributed by atoms with van der Waals surface area (Å²) in [5, 5.41) is 6.03. The standard InChI is InChI=1S/C14H17FN2OS/c1-10(2)17-8-11-5-12(15)7-13(6-11)18-9-14-16-3-4-19-14/h3-7,10,17H,8-9H2,1-2H3. The van der Waals surface area contributed by atoms with Crippen LogP contribution in [0.25, 0.3) is 0 Å². The van der Waals surface area contributed by atoms with Gasteiger partial charge in [-0.1, -0.05) is 13.8 Å². The van der Waals surface area contributed by atoms with Crippen LogP contribution in [0.5, 0.6) is 5.75 Å². The van der Waals surface area contributed by atoms with Crippen molar-refractivity contribution in [2.75, 3.05) is 0 Å². The van der Waals surface area contributed by atoms with Crippen LogP contribution in [0.3, 0.4) is 0 Å². The summed E-state index contributed by atoms with van der Waals surface area (Å²) in [4.78, 5) is 4.12. The van der Waals surface area contributed by atoms with Gasteiger partial charge in [-0.15, -0.1) is 11.3 Å². The molecule has 5 heteroatoms. The molecular formula is C14H17FN2OS. The lowest BCUT2D eigenvalue weighted by Crippen LogP contribution is -2.21. The monoisotopic (exact) mass is 280 g/mol. The topological polar surface area (TPSA) is 34.1 Å². The smallest absolute Gasteiger partial charge is 0.140 e. The predicted molar refractivity (Wildman–Crippen MR) is 74.8 cm³/mol. The molecule has 0 aliphatic carbocycles. The van der Waals surface area contributed by atoms with E-state index in [4.69, 9.17) is 4.74 Å². The Hall–Kier alpha value is -1.46. The van der Waals surface area contributed by atoms with Gasteiger partial charge >= 0.3 is 0 Å². The van der Waals surface area contributed by atoms with E-state index >= 15 is 0 Å². The van der Waals surface area contributed by atoms with Crippen molar-refractivity contribution in [3.63, 3.8) is 0 Å². The maximum absolute atomic E-state index is 13.5. The van der Waals surface area contributed by atoms with Crippen LogP contribution in [0, 0.1) is 5.82 Å². The fourth-order valence-corrected chi connectivity index (χ4v) is 2.12. The van der Waals surface area contributed by atoms with Gasteiger partial charge in [0.05, 0.1) is 0 Å². The molecule has 3 nitrogen and oxygen atoms in total. The van der Waals surface area contributed by atoms with Gasteiger partial charge < -0.3 is 10.1 Å². The van der Waals surface area contributed by atoms with Crippen LogP contribution in [0.2, 0.25) is 0 Å². The van der Waals surface area contributed by atoms with Crippen LogP contribution in [0.15, 0.2) is 29.8 Å². The van der Waals surface area contributed by atoms with Crippen molar-refractivity contribution in [2.45, 2.75) is 33.0 Å². The average Bonchev–Trinajstić information content (AvgIpc) is 2.86. The van der Waals surface area contributed by atoms with E-state index in [9.17, 15) is 4.39 Å². The molecule has 0 aliphatic heterocycles. The van der Waals surface area contributed by atoms with Crippen LogP contribution < -0.4 is 10.1 Å². The molecular weight excluding hydrogens is 263 g/mol. The van der Waals surface area contributed by atoms with Crippen LogP contribution in [0.1, 0.15) is 24.4 Å². The van der Waals surface area contributed by atoms with Gasteiger partial charge in [-0.2, -0.15) is 0 Å². The second-order valence-corrected chi connectivity index (χ2v) is 5.52. The summed E-state index contributed by atoms with van der Waals surface area (Å²) in [7, 11) is 0. The summed E-state index contributed by atoms with van der Waals surface area (Å²) >= 11 is 1.52. The van der Waals surface area contributed by atoms with Gasteiger partial charge in [0.25, 0.3) is 0 Å². The molecule has 0 aliphatic rings. The molecule has 102 valence electrons. The summed E-state index contributed by atoms with van der Waals surface area (Å²) in [5.74, 6) is 0.257. The first-order chi connectivity index (χ1) is 9.13. The Kier molecular flexibility index (Phi) is 4.87. The summed E-state index contributed by atoms with van der Waals surface area (Å²) in [6.45, 7) is 5.11. The first-order valence-corrected chi connectivity index (χ1v) is 7.05. The van der Waals surface area contributed by atoms with Crippen LogP contribution in [0.4, 0.5) is 4.39 Å². The largest absolute Gasteiger partial charge is 0.486 e. The Balaban J connectivity index is 1.99. The molecule has 0 fully saturated rings. The Bertz CT molecular complexity index is 514. The summed E-state index contributed by atoms with van der Waals surface area (Å²) < 4.78 is 19.1. The number of thiazole rings is 1. The second kappa shape index (κ2) is 6.63. The van der Waals surface area contributed by atoms with Crippen molar-refractivity contribution in [1.82, 2.24) is 10.3 Å². The van der Waals surface area contributed by atoms with Crippen molar-refractivity contribution in [1.29, 1.82) is 0 Å². The fourth-order valence-electron chi connectivity index (χ4n) is 1.60. The fraction of sp³-hybridized carbons (Fsp3) is 0.357. The Morgan fingerprint density at radius 1 is 1.37 bits per heavy atom. The lowest BCUT2D eigenvalue weighted by atomic mass is 10.2. The zero-order valence-corrected chi connectivity index (χ0v) is 11.8. The number of benzene rings is 1. The number of halogens is 1. The van der Waals surface area contributed by atoms with Crippen LogP contribution >= 0.6 is 11.3 Å². The molecule has 2 aromatic rings. The third kappa shape index (κ3) is 4.61. The highest BCUT2D eigenvalue weighted by molar-refractivity contribution is 7.09. The zero-order chi connectivity index (χ0) is 13.7. The third-order valence-electron chi connectivity index (χ3n) is 2.49. The molecule has 1 heterocycles. The van der Waals surface area contributed by atoms with Crippen molar-refractivity contribution < 1.29 is 9.13 Å². The minimum Gasteiger partial charge on any atom is -0.486 e. The molecule has 2 rings (SSSR count). The molecule has 0 amide bonds. The SMILES string of the molecule is CC(C)NCc1cc(F)cc(OCc2nccs2)c1. The number of nitrogens with one attached hydrogen (secondary N) is 1. The minimum atomic E-state index is -0.280. The van der Waals surface area contributed by atoms with Gasteiger partial charge in [0.2, 0.25) is 0 Å². The molecule has 0 saturated heterocycles. The maximum Gasteiger partial charge on any atom is 0.140 e. The second-order valence-electron chi connectivity index (χ2n) is 4.55. The summed E-state index contributed by atoms with van der Waals surface area (Å²) in [6, 6.07) is 5.13. The van der Waals surface area contributed by atoms with E-state index in [0.29, 0.717) is 24.9 Å². The highest BCUT2D eigenvalue weighted by Gasteiger charge is 2.04. The first-order valence-electron chi connectivity index (χ1n) is 6.17. The highest BCUT2D eigenvalue weighted by atomic mass is 32.1. The van der Waals surface area contributed by atoms with Crippen molar-refractivity contribution in [2.24, 2.45) is 0 Å². The molecule has 1 N–H and O–H groups in total. The Labute approximate surface area is 116 Å². The van der Waals surface area contributed by atoms with Gasteiger partial charge in [-0.25, -0.2) is 9.37 Å². The van der Waals surface area contributed by atoms with E-state index in [2.05, 4.69) is 24.1 Å². The van der Waals surface area contributed by atoms with Crippen molar-refractivity contribution in [3.8, 4) is 5.75 Å². The quantitative estimate of drug-likeness (QED) is 0.881. The lowest BCUT2D eigenvalue weighted by molar-refractivity contribution is 0.303.